The molecule has 0 saturated carbocycles. The normalized spacial score (nSPS) is 15.6. The highest BCUT2D eigenvalue weighted by molar-refractivity contribution is 6.30. The summed E-state index contributed by atoms with van der Waals surface area (Å²) in [6, 6.07) is 11.5. The second kappa shape index (κ2) is 11.2. The lowest BCUT2D eigenvalue weighted by Crippen LogP contribution is -2.29. The molecule has 2 aromatic carbocycles. The fourth-order valence-corrected chi connectivity index (χ4v) is 4.17. The number of benzene rings is 2. The molecular formula is C26H23ClN8O4. The monoisotopic (exact) mass is 546 g/mol. The van der Waals surface area contributed by atoms with Crippen molar-refractivity contribution in [1.82, 2.24) is 30.3 Å². The van der Waals surface area contributed by atoms with E-state index in [0.29, 0.717) is 45.6 Å². The summed E-state index contributed by atoms with van der Waals surface area (Å²) in [5, 5.41) is 17.0. The third kappa shape index (κ3) is 5.96. The Bertz CT molecular complexity index is 1580. The molecular weight excluding hydrogens is 524 g/mol. The van der Waals surface area contributed by atoms with E-state index in [1.54, 1.807) is 60.8 Å². The summed E-state index contributed by atoms with van der Waals surface area (Å²) in [6.07, 6.45) is 6.50. The zero-order valence-electron chi connectivity index (χ0n) is 20.6. The Morgan fingerprint density at radius 1 is 1.18 bits per heavy atom. The molecule has 3 amide bonds. The number of methoxy groups -OCH3 is 1. The molecule has 2 bridgehead atoms. The van der Waals surface area contributed by atoms with Crippen LogP contribution in [-0.4, -0.2) is 50.0 Å². The SMILES string of the molecule is COC(=O)Nc1ccc2c(c1)NC(=O)C/C=C\CC(NC(=O)c1cn(-c3cccc(Cl)c3)nn1)c1ncc-2[nH]1. The number of rotatable bonds is 4. The zero-order chi connectivity index (χ0) is 27.4. The summed E-state index contributed by atoms with van der Waals surface area (Å²) in [5.41, 5.74) is 2.96. The molecule has 0 spiro atoms. The van der Waals surface area contributed by atoms with E-state index in [4.69, 9.17) is 11.6 Å². The zero-order valence-corrected chi connectivity index (χ0v) is 21.4. The summed E-state index contributed by atoms with van der Waals surface area (Å²) in [4.78, 5) is 45.1. The molecule has 3 heterocycles. The van der Waals surface area contributed by atoms with Gasteiger partial charge in [-0.2, -0.15) is 0 Å². The molecule has 13 heteroatoms. The number of hydrogen-bond donors (Lipinski definition) is 4. The maximum Gasteiger partial charge on any atom is 0.411 e. The van der Waals surface area contributed by atoms with Gasteiger partial charge in [0.25, 0.3) is 5.91 Å². The van der Waals surface area contributed by atoms with E-state index in [9.17, 15) is 14.4 Å². The number of fused-ring (bicyclic) bond motifs is 4. The van der Waals surface area contributed by atoms with Crippen molar-refractivity contribution in [1.29, 1.82) is 0 Å². The number of aromatic nitrogens is 5. The standard InChI is InChI=1S/C26H23ClN8O4/c1-39-26(38)29-16-9-10-18-20(12-16)30-23(36)8-3-2-7-19(24-28-13-21(18)31-24)32-25(37)22-14-35(34-33-22)17-6-4-5-15(27)11-17/h2-6,9-14,19H,7-8H2,1H3,(H,28,31)(H,29,38)(H,30,36)(H,32,37)/b3-2-. The fourth-order valence-electron chi connectivity index (χ4n) is 3.99. The van der Waals surface area contributed by atoms with Gasteiger partial charge in [0.15, 0.2) is 5.69 Å². The number of hydrogen-bond acceptors (Lipinski definition) is 7. The fraction of sp³-hybridized carbons (Fsp3) is 0.154. The van der Waals surface area contributed by atoms with E-state index in [-0.39, 0.29) is 18.0 Å². The largest absolute Gasteiger partial charge is 0.453 e. The minimum absolute atomic E-state index is 0.113. The van der Waals surface area contributed by atoms with Gasteiger partial charge < -0.3 is 20.4 Å². The Hall–Kier alpha value is -4.97. The number of imidazole rings is 1. The first-order chi connectivity index (χ1) is 18.9. The molecule has 39 heavy (non-hydrogen) atoms. The molecule has 4 aromatic rings. The molecule has 198 valence electrons. The predicted molar refractivity (Wildman–Crippen MR) is 144 cm³/mol. The first-order valence-electron chi connectivity index (χ1n) is 11.9. The lowest BCUT2D eigenvalue weighted by Gasteiger charge is -2.16. The van der Waals surface area contributed by atoms with Crippen molar-refractivity contribution in [3.8, 4) is 16.9 Å². The van der Waals surface area contributed by atoms with Crippen LogP contribution >= 0.6 is 11.6 Å². The number of carbonyl (C=O) groups excluding carboxylic acids is 3. The van der Waals surface area contributed by atoms with Crippen LogP contribution in [0.15, 0.2) is 67.0 Å². The average Bonchev–Trinajstić information content (AvgIpc) is 3.61. The maximum absolute atomic E-state index is 13.1. The van der Waals surface area contributed by atoms with Crippen LogP contribution in [0.3, 0.4) is 0 Å². The molecule has 1 unspecified atom stereocenters. The first-order valence-corrected chi connectivity index (χ1v) is 12.3. The van der Waals surface area contributed by atoms with Gasteiger partial charge in [-0.3, -0.25) is 14.9 Å². The second-order valence-electron chi connectivity index (χ2n) is 8.57. The van der Waals surface area contributed by atoms with E-state index in [1.165, 1.54) is 18.0 Å². The van der Waals surface area contributed by atoms with Gasteiger partial charge in [0.1, 0.15) is 5.82 Å². The van der Waals surface area contributed by atoms with Crippen molar-refractivity contribution < 1.29 is 19.1 Å². The number of nitrogens with zero attached hydrogens (tertiary/aromatic N) is 4. The van der Waals surface area contributed by atoms with Gasteiger partial charge in [-0.1, -0.05) is 35.0 Å². The summed E-state index contributed by atoms with van der Waals surface area (Å²) < 4.78 is 6.11. The van der Waals surface area contributed by atoms with Crippen molar-refractivity contribution in [2.24, 2.45) is 0 Å². The molecule has 1 atom stereocenters. The Morgan fingerprint density at radius 2 is 2.05 bits per heavy atom. The summed E-state index contributed by atoms with van der Waals surface area (Å²) in [5.74, 6) is -0.176. The smallest absolute Gasteiger partial charge is 0.411 e. The van der Waals surface area contributed by atoms with Gasteiger partial charge in [-0.25, -0.2) is 14.5 Å². The highest BCUT2D eigenvalue weighted by Crippen LogP contribution is 2.31. The van der Waals surface area contributed by atoms with Crippen LogP contribution < -0.4 is 16.0 Å². The van der Waals surface area contributed by atoms with Crippen LogP contribution in [0.25, 0.3) is 16.9 Å². The lowest BCUT2D eigenvalue weighted by molar-refractivity contribution is -0.115. The Balaban J connectivity index is 1.41. The molecule has 0 radical (unpaired) electrons. The quantitative estimate of drug-likeness (QED) is 0.279. The molecule has 1 aliphatic rings. The van der Waals surface area contributed by atoms with Crippen LogP contribution in [0.4, 0.5) is 16.2 Å². The number of amides is 3. The molecule has 2 aromatic heterocycles. The summed E-state index contributed by atoms with van der Waals surface area (Å²) in [6.45, 7) is 0. The Morgan fingerprint density at radius 3 is 2.87 bits per heavy atom. The summed E-state index contributed by atoms with van der Waals surface area (Å²) in [7, 11) is 1.26. The highest BCUT2D eigenvalue weighted by Gasteiger charge is 2.22. The number of anilines is 2. The van der Waals surface area contributed by atoms with E-state index < -0.39 is 18.0 Å². The second-order valence-corrected chi connectivity index (χ2v) is 9.01. The molecule has 0 fully saturated rings. The maximum atomic E-state index is 13.1. The number of carbonyl (C=O) groups is 3. The third-order valence-electron chi connectivity index (χ3n) is 5.89. The first kappa shape index (κ1) is 25.7. The number of ether oxygens (including phenoxy) is 1. The van der Waals surface area contributed by atoms with Crippen molar-refractivity contribution in [3.05, 3.63) is 83.6 Å². The van der Waals surface area contributed by atoms with E-state index in [0.717, 1.165) is 0 Å². The van der Waals surface area contributed by atoms with Crippen molar-refractivity contribution in [2.45, 2.75) is 18.9 Å². The average molecular weight is 547 g/mol. The number of halogens is 1. The number of nitrogens with one attached hydrogen (secondary N) is 4. The van der Waals surface area contributed by atoms with E-state index >= 15 is 0 Å². The summed E-state index contributed by atoms with van der Waals surface area (Å²) >= 11 is 6.06. The highest BCUT2D eigenvalue weighted by atomic mass is 35.5. The van der Waals surface area contributed by atoms with Gasteiger partial charge in [0.05, 0.1) is 42.6 Å². The molecule has 1 aliphatic heterocycles. The molecule has 0 aliphatic carbocycles. The van der Waals surface area contributed by atoms with Crippen molar-refractivity contribution in [3.63, 3.8) is 0 Å². The van der Waals surface area contributed by atoms with E-state index in [2.05, 4.69) is 41.0 Å². The van der Waals surface area contributed by atoms with Gasteiger partial charge >= 0.3 is 6.09 Å². The van der Waals surface area contributed by atoms with Gasteiger partial charge in [-0.15, -0.1) is 5.10 Å². The van der Waals surface area contributed by atoms with Crippen molar-refractivity contribution >= 4 is 40.9 Å². The predicted octanol–water partition coefficient (Wildman–Crippen LogP) is 4.25. The van der Waals surface area contributed by atoms with E-state index in [1.807, 2.05) is 0 Å². The van der Waals surface area contributed by atoms with Gasteiger partial charge in [-0.05, 0) is 42.8 Å². The minimum atomic E-state index is -0.632. The van der Waals surface area contributed by atoms with Crippen molar-refractivity contribution in [2.75, 3.05) is 17.7 Å². The Kier molecular flexibility index (Phi) is 7.37. The number of H-pyrrole nitrogens is 1. The van der Waals surface area contributed by atoms with Crippen LogP contribution in [-0.2, 0) is 9.53 Å². The molecule has 4 N–H and O–H groups in total. The van der Waals surface area contributed by atoms with Gasteiger partial charge in [0, 0.05) is 22.7 Å². The molecule has 0 saturated heterocycles. The van der Waals surface area contributed by atoms with Crippen LogP contribution in [0, 0.1) is 0 Å². The number of aromatic amines is 1. The van der Waals surface area contributed by atoms with Gasteiger partial charge in [0.2, 0.25) is 5.91 Å². The lowest BCUT2D eigenvalue weighted by atomic mass is 10.1. The minimum Gasteiger partial charge on any atom is -0.453 e. The van der Waals surface area contributed by atoms with Crippen LogP contribution in [0.2, 0.25) is 5.02 Å². The van der Waals surface area contributed by atoms with Crippen LogP contribution in [0.1, 0.15) is 35.2 Å². The van der Waals surface area contributed by atoms with Crippen LogP contribution in [0.5, 0.6) is 0 Å². The topological polar surface area (TPSA) is 156 Å². The molecule has 12 nitrogen and oxygen atoms in total. The third-order valence-corrected chi connectivity index (χ3v) is 6.12. The molecule has 5 rings (SSSR count). The Labute approximate surface area is 227 Å².